The first-order chi connectivity index (χ1) is 19.0. The quantitative estimate of drug-likeness (QED) is 0.409. The predicted molar refractivity (Wildman–Crippen MR) is 157 cm³/mol. The number of hydrogen-bond acceptors (Lipinski definition) is 7. The van der Waals surface area contributed by atoms with Crippen molar-refractivity contribution in [1.29, 1.82) is 0 Å². The van der Waals surface area contributed by atoms with Crippen LogP contribution in [0.4, 0.5) is 0 Å². The van der Waals surface area contributed by atoms with Gasteiger partial charge in [0.05, 0.1) is 23.3 Å². The zero-order chi connectivity index (χ0) is 28.5. The lowest BCUT2D eigenvalue weighted by Crippen LogP contribution is -2.57. The first kappa shape index (κ1) is 30.2. The van der Waals surface area contributed by atoms with Crippen molar-refractivity contribution in [3.05, 3.63) is 34.9 Å². The van der Waals surface area contributed by atoms with Gasteiger partial charge in [-0.05, 0) is 80.9 Å². The van der Waals surface area contributed by atoms with Gasteiger partial charge in [-0.1, -0.05) is 30.2 Å². The molecule has 0 spiro atoms. The number of hydrogen-bond donors (Lipinski definition) is 3. The number of carbonyl (C=O) groups is 1. The third-order valence-electron chi connectivity index (χ3n) is 9.67. The van der Waals surface area contributed by atoms with Crippen molar-refractivity contribution in [2.24, 2.45) is 17.6 Å². The largest absolute Gasteiger partial charge is 0.352 e. The molecule has 40 heavy (non-hydrogen) atoms. The maximum atomic E-state index is 13.6. The summed E-state index contributed by atoms with van der Waals surface area (Å²) in [4.78, 5) is 13.6. The highest BCUT2D eigenvalue weighted by atomic mass is 35.5. The molecule has 9 nitrogen and oxygen atoms in total. The van der Waals surface area contributed by atoms with Crippen LogP contribution in [0.15, 0.2) is 24.3 Å². The molecule has 7 unspecified atom stereocenters. The lowest BCUT2D eigenvalue weighted by Gasteiger charge is -2.38. The zero-order valence-corrected chi connectivity index (χ0v) is 25.4. The predicted octanol–water partition coefficient (Wildman–Crippen LogP) is 2.41. The van der Waals surface area contributed by atoms with E-state index in [-0.39, 0.29) is 59.0 Å². The Balaban J connectivity index is 1.23. The van der Waals surface area contributed by atoms with Gasteiger partial charge in [0, 0.05) is 42.2 Å². The average Bonchev–Trinajstić information content (AvgIpc) is 3.31. The summed E-state index contributed by atoms with van der Waals surface area (Å²) < 4.78 is 51.6. The summed E-state index contributed by atoms with van der Waals surface area (Å²) in [6.45, 7) is 1.24. The van der Waals surface area contributed by atoms with Crippen LogP contribution in [0, 0.1) is 11.8 Å². The number of benzene rings is 1. The summed E-state index contributed by atoms with van der Waals surface area (Å²) in [6, 6.07) is 6.74. The van der Waals surface area contributed by atoms with Crippen LogP contribution in [0.2, 0.25) is 5.02 Å². The molecule has 224 valence electrons. The Hall–Kier alpha value is -1.24. The fourth-order valence-corrected chi connectivity index (χ4v) is 10.9. The van der Waals surface area contributed by atoms with Crippen molar-refractivity contribution in [2.75, 3.05) is 30.3 Å². The molecule has 1 aliphatic carbocycles. The van der Waals surface area contributed by atoms with E-state index < -0.39 is 25.9 Å². The van der Waals surface area contributed by atoms with E-state index in [0.29, 0.717) is 37.4 Å². The fourth-order valence-electron chi connectivity index (χ4n) is 7.39. The van der Waals surface area contributed by atoms with Crippen LogP contribution in [0.3, 0.4) is 0 Å². The molecule has 3 saturated heterocycles. The number of sulfonamides is 1. The number of halogens is 1. The van der Waals surface area contributed by atoms with E-state index in [1.54, 1.807) is 16.4 Å². The molecular weight excluding hydrogens is 572 g/mol. The third kappa shape index (κ3) is 7.03. The number of fused-ring (bicyclic) bond motifs is 2. The fraction of sp³-hybridized carbons (Fsp3) is 0.750. The van der Waals surface area contributed by atoms with Crippen LogP contribution in [-0.2, 0) is 24.7 Å². The van der Waals surface area contributed by atoms with E-state index in [2.05, 4.69) is 10.6 Å². The summed E-state index contributed by atoms with van der Waals surface area (Å²) in [6.07, 6.45) is 7.08. The van der Waals surface area contributed by atoms with Crippen LogP contribution in [-0.4, -0.2) is 81.6 Å². The molecule has 5 rings (SSSR count). The minimum atomic E-state index is -3.23. The van der Waals surface area contributed by atoms with Gasteiger partial charge in [0.15, 0.2) is 0 Å². The Morgan fingerprint density at radius 2 is 1.73 bits per heavy atom. The summed E-state index contributed by atoms with van der Waals surface area (Å²) in [5, 5.41) is 7.38. The van der Waals surface area contributed by atoms with Crippen molar-refractivity contribution >= 4 is 37.4 Å². The lowest BCUT2D eigenvalue weighted by molar-refractivity contribution is -0.124. The highest BCUT2D eigenvalue weighted by Crippen LogP contribution is 2.37. The van der Waals surface area contributed by atoms with Crippen LogP contribution in [0.25, 0.3) is 0 Å². The molecule has 0 aromatic heterocycles. The SMILES string of the molecule is NC(C(=O)NC1CCCC1CCC1CNC2CCCS(=O)(=O)N1C2)C(c1ccc(Cl)cc1)C1CCS(=O)(=O)CC1. The van der Waals surface area contributed by atoms with Crippen molar-refractivity contribution in [2.45, 2.75) is 87.9 Å². The number of nitrogens with two attached hydrogens (primary N) is 1. The van der Waals surface area contributed by atoms with Gasteiger partial charge in [-0.3, -0.25) is 4.79 Å². The Labute approximate surface area is 243 Å². The minimum Gasteiger partial charge on any atom is -0.352 e. The molecule has 3 aliphatic heterocycles. The number of nitrogens with one attached hydrogen (secondary N) is 2. The normalized spacial score (nSPS) is 33.5. The highest BCUT2D eigenvalue weighted by Gasteiger charge is 2.40. The van der Waals surface area contributed by atoms with E-state index >= 15 is 0 Å². The molecule has 1 aromatic rings. The second kappa shape index (κ2) is 12.6. The van der Waals surface area contributed by atoms with E-state index in [0.717, 1.165) is 44.1 Å². The van der Waals surface area contributed by atoms with Crippen LogP contribution in [0.1, 0.15) is 69.3 Å². The zero-order valence-electron chi connectivity index (χ0n) is 23.0. The Morgan fingerprint density at radius 3 is 2.45 bits per heavy atom. The first-order valence-corrected chi connectivity index (χ1v) is 18.6. The molecule has 7 atom stereocenters. The molecule has 4 aliphatic rings. The second-order valence-corrected chi connectivity index (χ2v) is 17.0. The van der Waals surface area contributed by atoms with Crippen molar-refractivity contribution in [3.8, 4) is 0 Å². The number of sulfone groups is 1. The van der Waals surface area contributed by atoms with E-state index in [1.165, 1.54) is 0 Å². The Morgan fingerprint density at radius 1 is 1.00 bits per heavy atom. The van der Waals surface area contributed by atoms with Gasteiger partial charge in [-0.2, -0.15) is 4.31 Å². The number of nitrogens with zero attached hydrogens (tertiary/aromatic N) is 1. The number of rotatable bonds is 8. The Bertz CT molecular complexity index is 1250. The standard InChI is InChI=1S/C28H43ClN4O5S2/c29-22-9-6-20(7-10-22)26(21-12-15-39(35,36)16-13-21)27(30)28(34)32-25-5-1-3-19(25)8-11-24-17-31-23-4-2-14-40(37,38)33(24)18-23/h6-7,9-10,19,21,23-27,31H,1-5,8,11-18,30H2,(H,32,34). The van der Waals surface area contributed by atoms with Crippen LogP contribution < -0.4 is 16.4 Å². The van der Waals surface area contributed by atoms with Gasteiger partial charge in [-0.15, -0.1) is 0 Å². The molecule has 3 heterocycles. The molecule has 12 heteroatoms. The van der Waals surface area contributed by atoms with Gasteiger partial charge in [0.25, 0.3) is 0 Å². The van der Waals surface area contributed by atoms with Crippen LogP contribution in [0.5, 0.6) is 0 Å². The summed E-state index contributed by atoms with van der Waals surface area (Å²) in [7, 11) is -6.27. The maximum absolute atomic E-state index is 13.6. The summed E-state index contributed by atoms with van der Waals surface area (Å²) >= 11 is 6.12. The number of amides is 1. The van der Waals surface area contributed by atoms with Gasteiger partial charge >= 0.3 is 0 Å². The van der Waals surface area contributed by atoms with E-state index in [1.807, 2.05) is 12.1 Å². The second-order valence-electron chi connectivity index (χ2n) is 12.3. The summed E-state index contributed by atoms with van der Waals surface area (Å²) in [5.41, 5.74) is 7.57. The number of carbonyl (C=O) groups excluding carboxylic acids is 1. The highest BCUT2D eigenvalue weighted by molar-refractivity contribution is 7.91. The topological polar surface area (TPSA) is 139 Å². The molecule has 2 bridgehead atoms. The molecular formula is C28H43ClN4O5S2. The molecule has 0 radical (unpaired) electrons. The Kier molecular flexibility index (Phi) is 9.48. The van der Waals surface area contributed by atoms with Crippen molar-refractivity contribution in [3.63, 3.8) is 0 Å². The van der Waals surface area contributed by atoms with Gasteiger partial charge in [0.1, 0.15) is 9.84 Å². The van der Waals surface area contributed by atoms with E-state index in [4.69, 9.17) is 17.3 Å². The molecule has 1 aromatic carbocycles. The van der Waals surface area contributed by atoms with E-state index in [9.17, 15) is 21.6 Å². The molecule has 1 amide bonds. The third-order valence-corrected chi connectivity index (χ3v) is 13.6. The number of piperazine rings is 1. The lowest BCUT2D eigenvalue weighted by atomic mass is 9.77. The minimum absolute atomic E-state index is 0.00110. The maximum Gasteiger partial charge on any atom is 0.237 e. The summed E-state index contributed by atoms with van der Waals surface area (Å²) in [5.74, 6) is 0.211. The van der Waals surface area contributed by atoms with Gasteiger partial charge in [0.2, 0.25) is 15.9 Å². The molecule has 4 N–H and O–H groups in total. The van der Waals surface area contributed by atoms with Gasteiger partial charge < -0.3 is 16.4 Å². The molecule has 1 saturated carbocycles. The van der Waals surface area contributed by atoms with Crippen LogP contribution >= 0.6 is 11.6 Å². The first-order valence-electron chi connectivity index (χ1n) is 14.8. The monoisotopic (exact) mass is 614 g/mol. The average molecular weight is 615 g/mol. The molecule has 4 fully saturated rings. The van der Waals surface area contributed by atoms with Crippen molar-refractivity contribution in [1.82, 2.24) is 14.9 Å². The smallest absolute Gasteiger partial charge is 0.237 e. The van der Waals surface area contributed by atoms with Gasteiger partial charge in [-0.25, -0.2) is 16.8 Å². The van der Waals surface area contributed by atoms with Crippen molar-refractivity contribution < 1.29 is 21.6 Å².